The second-order valence-corrected chi connectivity index (χ2v) is 7.23. The molecule has 0 heterocycles. The van der Waals surface area contributed by atoms with Crippen LogP contribution in [0.4, 0.5) is 13.2 Å². The zero-order valence-electron chi connectivity index (χ0n) is 22.5. The van der Waals surface area contributed by atoms with Crippen molar-refractivity contribution in [2.24, 2.45) is 10.7 Å². The lowest BCUT2D eigenvalue weighted by Gasteiger charge is -2.13. The quantitative estimate of drug-likeness (QED) is 0.0946. The molecule has 0 radical (unpaired) electrons. The minimum atomic E-state index is -4.07. The summed E-state index contributed by atoms with van der Waals surface area (Å²) in [6, 6.07) is 8.74. The Hall–Kier alpha value is -2.68. The van der Waals surface area contributed by atoms with E-state index in [1.165, 1.54) is 0 Å². The van der Waals surface area contributed by atoms with Crippen LogP contribution in [0.3, 0.4) is 0 Å². The van der Waals surface area contributed by atoms with Gasteiger partial charge >= 0.3 is 6.18 Å². The van der Waals surface area contributed by atoms with Crippen LogP contribution in [-0.4, -0.2) is 38.0 Å². The highest BCUT2D eigenvalue weighted by atomic mass is 19.4. The average Bonchev–Trinajstić information content (AvgIpc) is 2.81. The van der Waals surface area contributed by atoms with Crippen LogP contribution < -0.4 is 11.1 Å². The number of nitrogens with one attached hydrogen (secondary N) is 1. The first kappa shape index (κ1) is 36.9. The number of carbonyl (C=O) groups excluding carboxylic acids is 2. The molecule has 0 saturated heterocycles. The zero-order chi connectivity index (χ0) is 27.9. The lowest BCUT2D eigenvalue weighted by Crippen LogP contribution is -2.11. The third-order valence-corrected chi connectivity index (χ3v) is 4.12. The zero-order valence-corrected chi connectivity index (χ0v) is 22.5. The number of benzene rings is 1. The van der Waals surface area contributed by atoms with Gasteiger partial charge in [0.1, 0.15) is 6.73 Å². The van der Waals surface area contributed by atoms with Crippen molar-refractivity contribution < 1.29 is 27.5 Å². The highest BCUT2D eigenvalue weighted by Crippen LogP contribution is 2.30. The van der Waals surface area contributed by atoms with Crippen LogP contribution in [0, 0.1) is 0 Å². The number of allylic oxidation sites excluding steroid dienone is 2. The molecule has 202 valence electrons. The summed E-state index contributed by atoms with van der Waals surface area (Å²) < 4.78 is 40.2. The molecule has 1 aromatic rings. The van der Waals surface area contributed by atoms with Crippen molar-refractivity contribution in [3.05, 3.63) is 47.2 Å². The molecule has 0 spiro atoms. The van der Waals surface area contributed by atoms with Crippen molar-refractivity contribution in [1.82, 2.24) is 5.32 Å². The highest BCUT2D eigenvalue weighted by molar-refractivity contribution is 5.94. The molecule has 3 N–H and O–H groups in total. The summed E-state index contributed by atoms with van der Waals surface area (Å²) in [5.74, 6) is 0.159. The Morgan fingerprint density at radius 1 is 1.17 bits per heavy atom. The molecule has 0 aliphatic rings. The maximum absolute atomic E-state index is 12.0. The minimum absolute atomic E-state index is 0.105. The maximum Gasteiger partial charge on any atom is 0.389 e. The van der Waals surface area contributed by atoms with Crippen molar-refractivity contribution in [2.45, 2.75) is 86.2 Å². The molecule has 0 bridgehead atoms. The number of Topliss-reactive ketones (excluding diaryl/α,β-unsaturated/α-hetero) is 1. The molecule has 0 fully saturated rings. The normalized spacial score (nSPS) is 12.3. The minimum Gasteiger partial charge on any atom is -0.452 e. The Bertz CT molecular complexity index is 730. The third-order valence-electron chi connectivity index (χ3n) is 4.12. The van der Waals surface area contributed by atoms with Gasteiger partial charge in [0.15, 0.2) is 5.78 Å². The van der Waals surface area contributed by atoms with E-state index in [0.717, 1.165) is 36.1 Å². The van der Waals surface area contributed by atoms with Crippen LogP contribution in [0.2, 0.25) is 0 Å². The number of aliphatic imine (C=N–C) groups is 1. The Kier molecular flexibility index (Phi) is 24.3. The molecule has 1 aromatic carbocycles. The molecular formula is C26H44F3N3O3. The topological polar surface area (TPSA) is 93.8 Å². The van der Waals surface area contributed by atoms with E-state index in [1.54, 1.807) is 58.2 Å². The van der Waals surface area contributed by atoms with Crippen LogP contribution in [0.15, 0.2) is 46.6 Å². The Morgan fingerprint density at radius 3 is 2.03 bits per heavy atom. The van der Waals surface area contributed by atoms with E-state index in [0.29, 0.717) is 19.0 Å². The second kappa shape index (κ2) is 23.1. The van der Waals surface area contributed by atoms with Crippen LogP contribution in [0.25, 0.3) is 0 Å². The molecule has 0 aliphatic heterocycles. The monoisotopic (exact) mass is 503 g/mol. The van der Waals surface area contributed by atoms with Crippen LogP contribution >= 0.6 is 0 Å². The van der Waals surface area contributed by atoms with Gasteiger partial charge in [-0.1, -0.05) is 71.4 Å². The largest absolute Gasteiger partial charge is 0.452 e. The van der Waals surface area contributed by atoms with Crippen molar-refractivity contribution in [3.63, 3.8) is 0 Å². The van der Waals surface area contributed by atoms with E-state index in [9.17, 15) is 22.8 Å². The fourth-order valence-corrected chi connectivity index (χ4v) is 2.71. The first-order valence-corrected chi connectivity index (χ1v) is 11.8. The van der Waals surface area contributed by atoms with E-state index in [4.69, 9.17) is 5.73 Å². The molecule has 1 rings (SSSR count). The van der Waals surface area contributed by atoms with Gasteiger partial charge in [-0.2, -0.15) is 13.2 Å². The Morgan fingerprint density at radius 2 is 1.71 bits per heavy atom. The SMILES string of the molecule is CC.CC(CC(F)(F)F)c1ccccc1.CCC/C(C(C)=O)=C(\CC)N=C(C)N.CNCOC=O. The molecule has 35 heavy (non-hydrogen) atoms. The second-order valence-electron chi connectivity index (χ2n) is 7.23. The highest BCUT2D eigenvalue weighted by Gasteiger charge is 2.30. The number of hydrogen-bond acceptors (Lipinski definition) is 5. The van der Waals surface area contributed by atoms with Gasteiger partial charge in [0.05, 0.1) is 12.3 Å². The summed E-state index contributed by atoms with van der Waals surface area (Å²) in [4.78, 5) is 24.8. The lowest BCUT2D eigenvalue weighted by atomic mass is 9.98. The summed E-state index contributed by atoms with van der Waals surface area (Å²) in [6.07, 6.45) is -2.33. The van der Waals surface area contributed by atoms with Gasteiger partial charge in [-0.15, -0.1) is 0 Å². The molecule has 1 unspecified atom stereocenters. The summed E-state index contributed by atoms with van der Waals surface area (Å²) in [6.45, 7) is 13.6. The summed E-state index contributed by atoms with van der Waals surface area (Å²) in [7, 11) is 1.70. The predicted molar refractivity (Wildman–Crippen MR) is 138 cm³/mol. The molecule has 6 nitrogen and oxygen atoms in total. The van der Waals surface area contributed by atoms with Crippen LogP contribution in [0.5, 0.6) is 0 Å². The van der Waals surface area contributed by atoms with Gasteiger partial charge < -0.3 is 10.5 Å². The number of rotatable bonds is 10. The van der Waals surface area contributed by atoms with E-state index in [2.05, 4.69) is 22.0 Å². The number of nitrogens with two attached hydrogens (primary N) is 1. The van der Waals surface area contributed by atoms with E-state index >= 15 is 0 Å². The Labute approximate surface area is 209 Å². The Balaban J connectivity index is -0.000000452. The summed E-state index contributed by atoms with van der Waals surface area (Å²) in [5, 5.41) is 2.62. The standard InChI is InChI=1S/C11H20N2O.C10H11F3.C3H7NO2.C2H6/c1-5-7-10(8(3)14)11(6-2)13-9(4)12;1-8(7-10(11,12)13)9-5-3-2-4-6-9;1-4-2-6-3-5;1-2/h5-7H2,1-4H3,(H2,12,13);2-6,8H,7H2,1H3;3-4H,2H2,1H3;1-2H3/b11-10-;;;. The summed E-state index contributed by atoms with van der Waals surface area (Å²) >= 11 is 0. The fourth-order valence-electron chi connectivity index (χ4n) is 2.71. The van der Waals surface area contributed by atoms with Crippen molar-refractivity contribution >= 4 is 18.1 Å². The van der Waals surface area contributed by atoms with Crippen molar-refractivity contribution in [1.29, 1.82) is 0 Å². The molecule has 0 aliphatic carbocycles. The van der Waals surface area contributed by atoms with Gasteiger partial charge in [0.25, 0.3) is 6.47 Å². The number of ether oxygens (including phenoxy) is 1. The number of alkyl halides is 3. The van der Waals surface area contributed by atoms with Gasteiger partial charge in [-0.25, -0.2) is 4.99 Å². The lowest BCUT2D eigenvalue weighted by molar-refractivity contribution is -0.138. The van der Waals surface area contributed by atoms with Crippen LogP contribution in [0.1, 0.15) is 85.6 Å². The van der Waals surface area contributed by atoms with Gasteiger partial charge in [-0.05, 0) is 45.2 Å². The third kappa shape index (κ3) is 22.9. The molecule has 1 atom stereocenters. The number of hydrogen-bond donors (Lipinski definition) is 2. The molecule has 9 heteroatoms. The average molecular weight is 504 g/mol. The van der Waals surface area contributed by atoms with Gasteiger partial charge in [-0.3, -0.25) is 14.9 Å². The molecule has 0 amide bonds. The summed E-state index contributed by atoms with van der Waals surface area (Å²) in [5.41, 5.74) is 7.90. The van der Waals surface area contributed by atoms with E-state index in [1.807, 2.05) is 20.8 Å². The number of ketones is 1. The predicted octanol–water partition coefficient (Wildman–Crippen LogP) is 6.52. The molecule has 0 saturated carbocycles. The van der Waals surface area contributed by atoms with Crippen molar-refractivity contribution in [2.75, 3.05) is 13.8 Å². The fraction of sp³-hybridized carbons (Fsp3) is 0.577. The number of nitrogens with zero attached hydrogens (tertiary/aromatic N) is 1. The number of amidine groups is 1. The first-order chi connectivity index (χ1) is 16.4. The number of halogens is 3. The van der Waals surface area contributed by atoms with Gasteiger partial charge in [0, 0.05) is 11.3 Å². The number of carbonyl (C=O) groups is 2. The van der Waals surface area contributed by atoms with Gasteiger partial charge in [0.2, 0.25) is 0 Å². The molecular weight excluding hydrogens is 459 g/mol. The van der Waals surface area contributed by atoms with E-state index < -0.39 is 18.5 Å². The van der Waals surface area contributed by atoms with E-state index in [-0.39, 0.29) is 5.78 Å². The molecule has 0 aromatic heterocycles. The first-order valence-electron chi connectivity index (χ1n) is 11.8. The van der Waals surface area contributed by atoms with Crippen molar-refractivity contribution in [3.8, 4) is 0 Å². The maximum atomic E-state index is 12.0. The smallest absolute Gasteiger partial charge is 0.389 e. The van der Waals surface area contributed by atoms with Crippen LogP contribution in [-0.2, 0) is 14.3 Å².